The molecule has 7 heteroatoms. The third-order valence-corrected chi connectivity index (χ3v) is 6.54. The van der Waals surface area contributed by atoms with E-state index >= 15 is 0 Å². The van der Waals surface area contributed by atoms with Gasteiger partial charge in [0.1, 0.15) is 6.10 Å². The summed E-state index contributed by atoms with van der Waals surface area (Å²) in [4.78, 5) is 28.3. The molecule has 0 saturated carbocycles. The number of hydrogen-bond acceptors (Lipinski definition) is 5. The molecular weight excluding hydrogens is 460 g/mol. The highest BCUT2D eigenvalue weighted by molar-refractivity contribution is 7.98. The van der Waals surface area contributed by atoms with Gasteiger partial charge in [-0.2, -0.15) is 11.8 Å². The number of amides is 2. The lowest BCUT2D eigenvalue weighted by atomic mass is 9.96. The lowest BCUT2D eigenvalue weighted by molar-refractivity contribution is -0.00405. The van der Waals surface area contributed by atoms with E-state index < -0.39 is 18.2 Å². The fourth-order valence-corrected chi connectivity index (χ4v) is 4.61. The smallest absolute Gasteiger partial charge is 0.253 e. The Morgan fingerprint density at radius 3 is 2.23 bits per heavy atom. The van der Waals surface area contributed by atoms with Crippen LogP contribution in [0, 0.1) is 6.92 Å². The molecule has 0 heterocycles. The van der Waals surface area contributed by atoms with E-state index in [1.54, 1.807) is 30.0 Å². The van der Waals surface area contributed by atoms with E-state index in [9.17, 15) is 19.8 Å². The molecule has 3 N–H and O–H groups in total. The Morgan fingerprint density at radius 1 is 1.00 bits per heavy atom. The lowest BCUT2D eigenvalue weighted by Gasteiger charge is -2.28. The van der Waals surface area contributed by atoms with E-state index in [1.165, 1.54) is 0 Å². The molecule has 0 bridgehead atoms. The van der Waals surface area contributed by atoms with E-state index in [4.69, 9.17) is 0 Å². The second-order valence-corrected chi connectivity index (χ2v) is 9.97. The normalized spacial score (nSPS) is 13.7. The minimum absolute atomic E-state index is 0.0835. The Kier molecular flexibility index (Phi) is 12.3. The zero-order chi connectivity index (χ0) is 25.8. The van der Waals surface area contributed by atoms with Crippen LogP contribution >= 0.6 is 11.8 Å². The maximum absolute atomic E-state index is 13.3. The fraction of sp³-hybridized carbons (Fsp3) is 0.500. The molecule has 2 rings (SSSR count). The second-order valence-electron chi connectivity index (χ2n) is 8.99. The van der Waals surface area contributed by atoms with Crippen LogP contribution in [0.3, 0.4) is 0 Å². The third-order valence-electron chi connectivity index (χ3n) is 5.90. The first-order valence-corrected chi connectivity index (χ1v) is 13.8. The van der Waals surface area contributed by atoms with Gasteiger partial charge in [0.2, 0.25) is 0 Å². The van der Waals surface area contributed by atoms with Crippen LogP contribution in [-0.2, 0) is 6.42 Å². The van der Waals surface area contributed by atoms with Crippen LogP contribution in [0.2, 0.25) is 0 Å². The van der Waals surface area contributed by atoms with Gasteiger partial charge in [-0.1, -0.05) is 44.2 Å². The summed E-state index contributed by atoms with van der Waals surface area (Å²) in [6.45, 7) is 7.27. The molecule has 6 nitrogen and oxygen atoms in total. The number of carbonyl (C=O) groups excluding carboxylic acids is 2. The van der Waals surface area contributed by atoms with Crippen LogP contribution in [0.1, 0.15) is 65.0 Å². The highest BCUT2D eigenvalue weighted by atomic mass is 32.2. The van der Waals surface area contributed by atoms with Crippen molar-refractivity contribution in [2.24, 2.45) is 0 Å². The number of hydrogen-bond donors (Lipinski definition) is 3. The molecule has 0 fully saturated rings. The molecular formula is C28H40N2O4S. The largest absolute Gasteiger partial charge is 0.390 e. The molecule has 0 saturated heterocycles. The van der Waals surface area contributed by atoms with E-state index in [0.717, 1.165) is 24.0 Å². The number of nitrogens with one attached hydrogen (secondary N) is 1. The predicted octanol–water partition coefficient (Wildman–Crippen LogP) is 4.07. The van der Waals surface area contributed by atoms with E-state index in [0.29, 0.717) is 42.8 Å². The Bertz CT molecular complexity index is 932. The van der Waals surface area contributed by atoms with Crippen molar-refractivity contribution >= 4 is 23.6 Å². The van der Waals surface area contributed by atoms with Crippen molar-refractivity contribution in [1.29, 1.82) is 0 Å². The van der Waals surface area contributed by atoms with Crippen LogP contribution in [-0.4, -0.2) is 70.3 Å². The third kappa shape index (κ3) is 8.98. The first-order valence-electron chi connectivity index (χ1n) is 12.4. The van der Waals surface area contributed by atoms with Crippen molar-refractivity contribution in [1.82, 2.24) is 10.2 Å². The van der Waals surface area contributed by atoms with Gasteiger partial charge in [0, 0.05) is 24.2 Å². The van der Waals surface area contributed by atoms with Gasteiger partial charge >= 0.3 is 0 Å². The zero-order valence-corrected chi connectivity index (χ0v) is 22.2. The van der Waals surface area contributed by atoms with Crippen molar-refractivity contribution in [2.75, 3.05) is 25.1 Å². The van der Waals surface area contributed by atoms with Gasteiger partial charge in [-0.15, -0.1) is 0 Å². The molecule has 35 heavy (non-hydrogen) atoms. The summed E-state index contributed by atoms with van der Waals surface area (Å²) in [6, 6.07) is 14.1. The van der Waals surface area contributed by atoms with Crippen LogP contribution in [0.4, 0.5) is 0 Å². The molecule has 0 aliphatic rings. The minimum atomic E-state index is -1.12. The zero-order valence-electron chi connectivity index (χ0n) is 21.4. The van der Waals surface area contributed by atoms with Crippen LogP contribution < -0.4 is 5.32 Å². The first kappa shape index (κ1) is 28.9. The van der Waals surface area contributed by atoms with Crippen molar-refractivity contribution in [3.05, 3.63) is 70.8 Å². The number of thioether (sulfide) groups is 1. The molecule has 0 aromatic heterocycles. The standard InChI is InChI=1S/C28H40N2O4S/c1-5-13-30(14-6-2)28(34)23-17-20(3)16-22(19-23)27(33)29-24(18-21-10-8-7-9-11-21)26(32)25(31)12-15-35-4/h7-11,16-17,19,24-26,31-32H,5-6,12-15,18H2,1-4H3,(H,29,33). The Hall–Kier alpha value is -2.35. The number of nitrogens with zero attached hydrogens (tertiary/aromatic N) is 1. The van der Waals surface area contributed by atoms with Gasteiger partial charge < -0.3 is 20.4 Å². The molecule has 3 unspecified atom stereocenters. The van der Waals surface area contributed by atoms with Crippen LogP contribution in [0.15, 0.2) is 48.5 Å². The number of rotatable bonds is 14. The fourth-order valence-electron chi connectivity index (χ4n) is 4.13. The molecule has 0 aliphatic carbocycles. The molecule has 2 aromatic carbocycles. The van der Waals surface area contributed by atoms with Crippen molar-refractivity contribution in [2.45, 2.75) is 64.7 Å². The summed E-state index contributed by atoms with van der Waals surface area (Å²) < 4.78 is 0. The quantitative estimate of drug-likeness (QED) is 0.364. The Morgan fingerprint density at radius 2 is 1.63 bits per heavy atom. The summed E-state index contributed by atoms with van der Waals surface area (Å²) in [7, 11) is 0. The first-order chi connectivity index (χ1) is 16.8. The van der Waals surface area contributed by atoms with E-state index in [2.05, 4.69) is 5.32 Å². The van der Waals surface area contributed by atoms with Gasteiger partial charge in [-0.3, -0.25) is 9.59 Å². The van der Waals surface area contributed by atoms with Crippen molar-refractivity contribution in [3.63, 3.8) is 0 Å². The van der Waals surface area contributed by atoms with Gasteiger partial charge in [-0.25, -0.2) is 0 Å². The molecule has 3 atom stereocenters. The highest BCUT2D eigenvalue weighted by Crippen LogP contribution is 2.16. The summed E-state index contributed by atoms with van der Waals surface area (Å²) in [5.41, 5.74) is 2.61. The van der Waals surface area contributed by atoms with Crippen LogP contribution in [0.5, 0.6) is 0 Å². The molecule has 0 aliphatic heterocycles. The molecule has 0 spiro atoms. The molecule has 2 amide bonds. The van der Waals surface area contributed by atoms with Gasteiger partial charge in [0.05, 0.1) is 12.1 Å². The average molecular weight is 501 g/mol. The summed E-state index contributed by atoms with van der Waals surface area (Å²) in [5.74, 6) is 0.247. The molecule has 0 radical (unpaired) electrons. The van der Waals surface area contributed by atoms with E-state index in [-0.39, 0.29) is 11.8 Å². The molecule has 2 aromatic rings. The SMILES string of the molecule is CCCN(CCC)C(=O)c1cc(C)cc(C(=O)NC(Cc2ccccc2)C(O)C(O)CCSC)c1. The topological polar surface area (TPSA) is 89.9 Å². The summed E-state index contributed by atoms with van der Waals surface area (Å²) in [6.07, 6.45) is 2.40. The second kappa shape index (κ2) is 14.9. The lowest BCUT2D eigenvalue weighted by Crippen LogP contribution is -2.50. The number of aliphatic hydroxyl groups is 2. The Labute approximate surface area is 214 Å². The maximum Gasteiger partial charge on any atom is 0.253 e. The Balaban J connectivity index is 2.28. The summed E-state index contributed by atoms with van der Waals surface area (Å²) >= 11 is 1.59. The number of carbonyl (C=O) groups is 2. The van der Waals surface area contributed by atoms with Gasteiger partial charge in [-0.05, 0) is 73.9 Å². The predicted molar refractivity (Wildman–Crippen MR) is 144 cm³/mol. The number of aryl methyl sites for hydroxylation is 1. The van der Waals surface area contributed by atoms with Gasteiger partial charge in [0.25, 0.3) is 11.8 Å². The maximum atomic E-state index is 13.3. The molecule has 192 valence electrons. The van der Waals surface area contributed by atoms with Crippen LogP contribution in [0.25, 0.3) is 0 Å². The highest BCUT2D eigenvalue weighted by Gasteiger charge is 2.28. The number of benzene rings is 2. The number of aliphatic hydroxyl groups excluding tert-OH is 2. The summed E-state index contributed by atoms with van der Waals surface area (Å²) in [5, 5.41) is 24.4. The van der Waals surface area contributed by atoms with E-state index in [1.807, 2.05) is 62.3 Å². The minimum Gasteiger partial charge on any atom is -0.390 e. The monoisotopic (exact) mass is 500 g/mol. The van der Waals surface area contributed by atoms with Crippen molar-refractivity contribution in [3.8, 4) is 0 Å². The average Bonchev–Trinajstić information content (AvgIpc) is 2.86. The van der Waals surface area contributed by atoms with Gasteiger partial charge in [0.15, 0.2) is 0 Å². The van der Waals surface area contributed by atoms with Crippen molar-refractivity contribution < 1.29 is 19.8 Å².